The highest BCUT2D eigenvalue weighted by Crippen LogP contribution is 2.36. The number of fused-ring (bicyclic) bond motifs is 1. The van der Waals surface area contributed by atoms with E-state index < -0.39 is 33.6 Å². The fraction of sp³-hybridized carbons (Fsp3) is 0.200. The molecule has 0 saturated heterocycles. The molecule has 1 aliphatic carbocycles. The number of nitrogens with one attached hydrogen (secondary N) is 2. The Morgan fingerprint density at radius 3 is 2.61 bits per heavy atom. The Kier molecular flexibility index (Phi) is 5.54. The monoisotopic (exact) mass is 466 g/mol. The molecule has 11 heteroatoms. The first-order valence-electron chi connectivity index (χ1n) is 9.25. The number of rotatable bonds is 5. The number of aromatic nitrogens is 2. The third-order valence-corrected chi connectivity index (χ3v) is 6.67. The van der Waals surface area contributed by atoms with Crippen molar-refractivity contribution in [2.75, 3.05) is 5.32 Å². The number of nitrogens with zero attached hydrogens (tertiary/aromatic N) is 2. The van der Waals surface area contributed by atoms with Gasteiger partial charge in [0.2, 0.25) is 0 Å². The van der Waals surface area contributed by atoms with Crippen LogP contribution in [-0.4, -0.2) is 24.1 Å². The minimum absolute atomic E-state index is 0.129. The molecule has 3 aromatic rings. The molecule has 7 nitrogen and oxygen atoms in total. The number of carbonyl (C=O) groups excluding carboxylic acids is 1. The van der Waals surface area contributed by atoms with Crippen LogP contribution in [0.2, 0.25) is 5.02 Å². The van der Waals surface area contributed by atoms with Gasteiger partial charge in [0.1, 0.15) is 11.6 Å². The molecule has 1 atom stereocenters. The summed E-state index contributed by atoms with van der Waals surface area (Å²) in [5, 5.41) is 6.16. The smallest absolute Gasteiger partial charge is 0.260 e. The van der Waals surface area contributed by atoms with Crippen molar-refractivity contribution in [3.8, 4) is 0 Å². The van der Waals surface area contributed by atoms with Gasteiger partial charge in [0.05, 0.1) is 11.1 Å². The molecule has 0 bridgehead atoms. The van der Waals surface area contributed by atoms with Crippen LogP contribution in [0.4, 0.5) is 14.5 Å². The van der Waals surface area contributed by atoms with Gasteiger partial charge in [-0.3, -0.25) is 9.48 Å². The SMILES string of the molecule is Cn1ccc(S(=O)(=O)N[C@H]2CCc3c(C(=O)Nc4ccc(F)c(Cl)c4)ccc(F)c32)n1. The predicted octanol–water partition coefficient (Wildman–Crippen LogP) is 3.57. The summed E-state index contributed by atoms with van der Waals surface area (Å²) in [6.45, 7) is 0. The van der Waals surface area contributed by atoms with Crippen LogP contribution in [0.1, 0.15) is 33.9 Å². The molecule has 2 N–H and O–H groups in total. The maximum absolute atomic E-state index is 14.6. The third kappa shape index (κ3) is 4.18. The van der Waals surface area contributed by atoms with Gasteiger partial charge in [0.15, 0.2) is 5.03 Å². The number of sulfonamides is 1. The minimum Gasteiger partial charge on any atom is -0.322 e. The molecule has 162 valence electrons. The van der Waals surface area contributed by atoms with Crippen LogP contribution >= 0.6 is 11.6 Å². The number of hydrogen-bond donors (Lipinski definition) is 2. The third-order valence-electron chi connectivity index (χ3n) is 5.02. The van der Waals surface area contributed by atoms with Gasteiger partial charge in [0.25, 0.3) is 15.9 Å². The van der Waals surface area contributed by atoms with E-state index in [1.54, 1.807) is 7.05 Å². The van der Waals surface area contributed by atoms with Crippen LogP contribution in [0.15, 0.2) is 47.6 Å². The molecule has 1 heterocycles. The van der Waals surface area contributed by atoms with Crippen LogP contribution in [0, 0.1) is 11.6 Å². The Morgan fingerprint density at radius 1 is 1.19 bits per heavy atom. The average Bonchev–Trinajstić information content (AvgIpc) is 3.32. The minimum atomic E-state index is -3.97. The molecule has 4 rings (SSSR count). The lowest BCUT2D eigenvalue weighted by molar-refractivity contribution is 0.102. The number of hydrogen-bond acceptors (Lipinski definition) is 4. The van der Waals surface area contributed by atoms with Crippen molar-refractivity contribution >= 4 is 33.2 Å². The fourth-order valence-electron chi connectivity index (χ4n) is 3.60. The summed E-state index contributed by atoms with van der Waals surface area (Å²) in [4.78, 5) is 12.8. The van der Waals surface area contributed by atoms with E-state index in [9.17, 15) is 22.0 Å². The van der Waals surface area contributed by atoms with Crippen LogP contribution < -0.4 is 10.0 Å². The summed E-state index contributed by atoms with van der Waals surface area (Å²) < 4.78 is 57.0. The van der Waals surface area contributed by atoms with Crippen molar-refractivity contribution in [1.82, 2.24) is 14.5 Å². The largest absolute Gasteiger partial charge is 0.322 e. The Morgan fingerprint density at radius 2 is 1.94 bits per heavy atom. The second-order valence-corrected chi connectivity index (χ2v) is 9.18. The summed E-state index contributed by atoms with van der Waals surface area (Å²) >= 11 is 5.74. The standard InChI is InChI=1S/C20H17ClF2N4O3S/c1-27-9-8-18(25-27)31(29,30)26-17-7-4-12-13(3-6-16(23)19(12)17)20(28)24-11-2-5-15(22)14(21)10-11/h2-3,5-6,8-10,17,26H,4,7H2,1H3,(H,24,28)/t17-/m0/s1. The van der Waals surface area contributed by atoms with Gasteiger partial charge in [-0.25, -0.2) is 21.9 Å². The number of amides is 1. The van der Waals surface area contributed by atoms with Crippen LogP contribution in [0.25, 0.3) is 0 Å². The molecule has 1 aromatic heterocycles. The topological polar surface area (TPSA) is 93.1 Å². The highest BCUT2D eigenvalue weighted by Gasteiger charge is 2.33. The van der Waals surface area contributed by atoms with E-state index in [4.69, 9.17) is 11.6 Å². The lowest BCUT2D eigenvalue weighted by atomic mass is 10.0. The van der Waals surface area contributed by atoms with Crippen molar-refractivity contribution in [2.45, 2.75) is 23.9 Å². The second kappa shape index (κ2) is 8.03. The average molecular weight is 467 g/mol. The zero-order valence-corrected chi connectivity index (χ0v) is 17.8. The van der Waals surface area contributed by atoms with E-state index >= 15 is 0 Å². The van der Waals surface area contributed by atoms with Gasteiger partial charge in [0, 0.05) is 30.1 Å². The Hall–Kier alpha value is -2.82. The van der Waals surface area contributed by atoms with Gasteiger partial charge in [-0.05, 0) is 54.8 Å². The Labute approximate surface area is 182 Å². The quantitative estimate of drug-likeness (QED) is 0.601. The zero-order valence-electron chi connectivity index (χ0n) is 16.2. The van der Waals surface area contributed by atoms with Gasteiger partial charge >= 0.3 is 0 Å². The highest BCUT2D eigenvalue weighted by molar-refractivity contribution is 7.89. The van der Waals surface area contributed by atoms with Crippen molar-refractivity contribution in [2.24, 2.45) is 7.05 Å². The molecule has 0 aliphatic heterocycles. The molecule has 1 amide bonds. The van der Waals surface area contributed by atoms with Crippen molar-refractivity contribution in [3.05, 3.63) is 75.9 Å². The molecular weight excluding hydrogens is 450 g/mol. The molecule has 0 saturated carbocycles. The van der Waals surface area contributed by atoms with E-state index in [0.717, 1.165) is 12.1 Å². The van der Waals surface area contributed by atoms with E-state index in [1.807, 2.05) is 0 Å². The number of carbonyl (C=O) groups is 1. The highest BCUT2D eigenvalue weighted by atomic mass is 35.5. The van der Waals surface area contributed by atoms with Crippen molar-refractivity contribution in [3.63, 3.8) is 0 Å². The van der Waals surface area contributed by atoms with Crippen LogP contribution in [0.5, 0.6) is 0 Å². The molecule has 1 aliphatic rings. The van der Waals surface area contributed by atoms with Gasteiger partial charge < -0.3 is 5.32 Å². The summed E-state index contributed by atoms with van der Waals surface area (Å²) in [7, 11) is -2.39. The maximum Gasteiger partial charge on any atom is 0.260 e. The maximum atomic E-state index is 14.6. The first kappa shape index (κ1) is 21.4. The van der Waals surface area contributed by atoms with Crippen LogP contribution in [0.3, 0.4) is 0 Å². The molecule has 0 radical (unpaired) electrons. The first-order valence-corrected chi connectivity index (χ1v) is 11.1. The fourth-order valence-corrected chi connectivity index (χ4v) is 4.99. The molecule has 0 unspecified atom stereocenters. The van der Waals surface area contributed by atoms with Crippen molar-refractivity contribution in [1.29, 1.82) is 0 Å². The van der Waals surface area contributed by atoms with Crippen molar-refractivity contribution < 1.29 is 22.0 Å². The molecule has 0 fully saturated rings. The molecule has 31 heavy (non-hydrogen) atoms. The summed E-state index contributed by atoms with van der Waals surface area (Å²) in [6.07, 6.45) is 2.07. The Balaban J connectivity index is 1.62. The first-order chi connectivity index (χ1) is 14.7. The molecule has 2 aromatic carbocycles. The lowest BCUT2D eigenvalue weighted by Crippen LogP contribution is -2.28. The number of benzene rings is 2. The zero-order chi connectivity index (χ0) is 22.3. The normalized spacial score (nSPS) is 15.7. The van der Waals surface area contributed by atoms with E-state index in [-0.39, 0.29) is 33.3 Å². The second-order valence-electron chi connectivity index (χ2n) is 7.11. The Bertz CT molecular complexity index is 1290. The molecule has 0 spiro atoms. The predicted molar refractivity (Wildman–Crippen MR) is 110 cm³/mol. The van der Waals surface area contributed by atoms with E-state index in [2.05, 4.69) is 15.1 Å². The van der Waals surface area contributed by atoms with E-state index in [1.165, 1.54) is 35.1 Å². The lowest BCUT2D eigenvalue weighted by Gasteiger charge is -2.15. The summed E-state index contributed by atoms with van der Waals surface area (Å²) in [5.41, 5.74) is 1.03. The van der Waals surface area contributed by atoms with E-state index in [0.29, 0.717) is 12.0 Å². The molecular formula is C20H17ClF2N4O3S. The van der Waals surface area contributed by atoms with Crippen LogP contribution in [-0.2, 0) is 23.5 Å². The van der Waals surface area contributed by atoms with Gasteiger partial charge in [-0.2, -0.15) is 5.10 Å². The van der Waals surface area contributed by atoms with Gasteiger partial charge in [-0.15, -0.1) is 0 Å². The summed E-state index contributed by atoms with van der Waals surface area (Å²) in [6, 6.07) is 6.70. The number of anilines is 1. The number of aryl methyl sites for hydroxylation is 1. The number of halogens is 3. The summed E-state index contributed by atoms with van der Waals surface area (Å²) in [5.74, 6) is -1.76. The van der Waals surface area contributed by atoms with Gasteiger partial charge in [-0.1, -0.05) is 11.6 Å².